The van der Waals surface area contributed by atoms with Crippen molar-refractivity contribution in [1.29, 1.82) is 0 Å². The van der Waals surface area contributed by atoms with Crippen molar-refractivity contribution in [3.05, 3.63) is 69.2 Å². The van der Waals surface area contributed by atoms with Gasteiger partial charge in [0, 0.05) is 24.1 Å². The molecule has 134 valence electrons. The number of hydrogen-bond donors (Lipinski definition) is 0. The highest BCUT2D eigenvalue weighted by molar-refractivity contribution is 9.10. The number of carbonyl (C=O) groups excluding carboxylic acids is 2. The molecule has 0 spiro atoms. The normalized spacial score (nSPS) is 16.7. The number of carbonyl (C=O) groups is 2. The number of unbranched alkanes of at least 4 members (excludes halogenated alkanes) is 1. The number of fused-ring (bicyclic) bond motifs is 2. The number of hydrogen-bond acceptors (Lipinski definition) is 3. The molecular formula is C21H21BrN2O2. The minimum Gasteiger partial charge on any atom is -0.299 e. The fraction of sp³-hybridized carbons (Fsp3) is 0.333. The largest absolute Gasteiger partial charge is 0.299 e. The average Bonchev–Trinajstić information content (AvgIpc) is 2.90. The van der Waals surface area contributed by atoms with Crippen molar-refractivity contribution in [2.75, 3.05) is 19.6 Å². The van der Waals surface area contributed by atoms with Gasteiger partial charge in [-0.25, -0.2) is 0 Å². The molecule has 0 atom stereocenters. The van der Waals surface area contributed by atoms with Crippen molar-refractivity contribution in [1.82, 2.24) is 9.80 Å². The summed E-state index contributed by atoms with van der Waals surface area (Å²) < 4.78 is 1.13. The van der Waals surface area contributed by atoms with Crippen LogP contribution in [0.4, 0.5) is 0 Å². The third-order valence-electron chi connectivity index (χ3n) is 5.24. The van der Waals surface area contributed by atoms with Crippen LogP contribution >= 0.6 is 15.9 Å². The summed E-state index contributed by atoms with van der Waals surface area (Å²) in [6, 6.07) is 13.6. The van der Waals surface area contributed by atoms with Gasteiger partial charge < -0.3 is 0 Å². The van der Waals surface area contributed by atoms with E-state index < -0.39 is 0 Å². The van der Waals surface area contributed by atoms with Crippen LogP contribution in [0, 0.1) is 0 Å². The minimum absolute atomic E-state index is 0.151. The molecule has 26 heavy (non-hydrogen) atoms. The van der Waals surface area contributed by atoms with Crippen LogP contribution in [-0.4, -0.2) is 41.2 Å². The van der Waals surface area contributed by atoms with Crippen molar-refractivity contribution in [2.45, 2.75) is 25.8 Å². The molecule has 2 aliphatic heterocycles. The Kier molecular flexibility index (Phi) is 4.92. The molecule has 0 radical (unpaired) electrons. The van der Waals surface area contributed by atoms with Crippen LogP contribution < -0.4 is 0 Å². The van der Waals surface area contributed by atoms with E-state index in [1.54, 1.807) is 24.3 Å². The highest BCUT2D eigenvalue weighted by atomic mass is 79.9. The second-order valence-corrected chi connectivity index (χ2v) is 7.87. The summed E-state index contributed by atoms with van der Waals surface area (Å²) in [5.41, 5.74) is 3.91. The first-order chi connectivity index (χ1) is 12.6. The SMILES string of the molecule is O=C1c2ccccc2C(=O)N1CCCCN1CCc2ccc(Br)cc2C1. The maximum absolute atomic E-state index is 12.4. The maximum Gasteiger partial charge on any atom is 0.261 e. The van der Waals surface area contributed by atoms with E-state index in [4.69, 9.17) is 0 Å². The predicted octanol–water partition coefficient (Wildman–Crippen LogP) is 3.88. The Morgan fingerprint density at radius 3 is 2.31 bits per heavy atom. The van der Waals surface area contributed by atoms with Gasteiger partial charge in [-0.1, -0.05) is 34.1 Å². The zero-order valence-electron chi connectivity index (χ0n) is 14.6. The van der Waals surface area contributed by atoms with Crippen molar-refractivity contribution in [2.24, 2.45) is 0 Å². The molecule has 2 amide bonds. The van der Waals surface area contributed by atoms with E-state index in [2.05, 4.69) is 39.0 Å². The van der Waals surface area contributed by atoms with E-state index in [1.165, 1.54) is 16.0 Å². The number of nitrogens with zero attached hydrogens (tertiary/aromatic N) is 2. The van der Waals surface area contributed by atoms with Crippen LogP contribution in [0.5, 0.6) is 0 Å². The third-order valence-corrected chi connectivity index (χ3v) is 5.74. The lowest BCUT2D eigenvalue weighted by Crippen LogP contribution is -2.33. The molecule has 0 unspecified atom stereocenters. The summed E-state index contributed by atoms with van der Waals surface area (Å²) >= 11 is 3.55. The molecule has 0 saturated carbocycles. The number of amides is 2. The molecule has 0 aromatic heterocycles. The number of imide groups is 1. The Morgan fingerprint density at radius 2 is 1.58 bits per heavy atom. The highest BCUT2D eigenvalue weighted by Gasteiger charge is 2.34. The average molecular weight is 413 g/mol. The van der Waals surface area contributed by atoms with Gasteiger partial charge in [0.25, 0.3) is 11.8 Å². The summed E-state index contributed by atoms with van der Waals surface area (Å²) in [6.45, 7) is 3.54. The molecule has 2 heterocycles. The lowest BCUT2D eigenvalue weighted by Gasteiger charge is -2.29. The van der Waals surface area contributed by atoms with Gasteiger partial charge in [0.2, 0.25) is 0 Å². The monoisotopic (exact) mass is 412 g/mol. The second-order valence-electron chi connectivity index (χ2n) is 6.95. The van der Waals surface area contributed by atoms with E-state index in [0.717, 1.165) is 43.4 Å². The van der Waals surface area contributed by atoms with Crippen LogP contribution in [0.15, 0.2) is 46.9 Å². The molecule has 0 fully saturated rings. The molecule has 2 aliphatic rings. The summed E-state index contributed by atoms with van der Waals surface area (Å²) in [7, 11) is 0. The summed E-state index contributed by atoms with van der Waals surface area (Å²) in [5, 5.41) is 0. The van der Waals surface area contributed by atoms with Crippen molar-refractivity contribution in [3.8, 4) is 0 Å². The van der Waals surface area contributed by atoms with E-state index in [-0.39, 0.29) is 11.8 Å². The quantitative estimate of drug-likeness (QED) is 0.552. The van der Waals surface area contributed by atoms with Gasteiger partial charge in [0.15, 0.2) is 0 Å². The van der Waals surface area contributed by atoms with E-state index in [1.807, 2.05) is 0 Å². The fourth-order valence-electron chi connectivity index (χ4n) is 3.82. The Labute approximate surface area is 161 Å². The van der Waals surface area contributed by atoms with Gasteiger partial charge in [-0.2, -0.15) is 0 Å². The molecule has 4 rings (SSSR count). The molecule has 0 N–H and O–H groups in total. The molecule has 4 nitrogen and oxygen atoms in total. The molecular weight excluding hydrogens is 392 g/mol. The zero-order valence-corrected chi connectivity index (χ0v) is 16.2. The Hall–Kier alpha value is -1.98. The van der Waals surface area contributed by atoms with Crippen molar-refractivity contribution in [3.63, 3.8) is 0 Å². The number of benzene rings is 2. The number of halogens is 1. The molecule has 0 bridgehead atoms. The van der Waals surface area contributed by atoms with Gasteiger partial charge in [-0.15, -0.1) is 0 Å². The number of rotatable bonds is 5. The van der Waals surface area contributed by atoms with E-state index in [0.29, 0.717) is 17.7 Å². The lowest BCUT2D eigenvalue weighted by atomic mass is 10.00. The van der Waals surface area contributed by atoms with Gasteiger partial charge in [0.1, 0.15) is 0 Å². The maximum atomic E-state index is 12.4. The second kappa shape index (κ2) is 7.33. The molecule has 2 aromatic rings. The van der Waals surface area contributed by atoms with Crippen LogP contribution in [-0.2, 0) is 13.0 Å². The lowest BCUT2D eigenvalue weighted by molar-refractivity contribution is 0.0650. The summed E-state index contributed by atoms with van der Waals surface area (Å²) in [4.78, 5) is 28.6. The van der Waals surface area contributed by atoms with Gasteiger partial charge in [-0.05, 0) is 61.2 Å². The van der Waals surface area contributed by atoms with Crippen LogP contribution in [0.1, 0.15) is 44.7 Å². The van der Waals surface area contributed by atoms with Crippen molar-refractivity contribution >= 4 is 27.7 Å². The molecule has 0 saturated heterocycles. The minimum atomic E-state index is -0.151. The highest BCUT2D eigenvalue weighted by Crippen LogP contribution is 2.24. The Balaban J connectivity index is 1.28. The first-order valence-electron chi connectivity index (χ1n) is 9.08. The van der Waals surface area contributed by atoms with Crippen LogP contribution in [0.2, 0.25) is 0 Å². The summed E-state index contributed by atoms with van der Waals surface area (Å²) in [5.74, 6) is -0.301. The smallest absolute Gasteiger partial charge is 0.261 e. The fourth-order valence-corrected chi connectivity index (χ4v) is 4.23. The molecule has 5 heteroatoms. The van der Waals surface area contributed by atoms with Gasteiger partial charge >= 0.3 is 0 Å². The van der Waals surface area contributed by atoms with E-state index in [9.17, 15) is 9.59 Å². The standard InChI is InChI=1S/C21H21BrN2O2/c22-17-8-7-15-9-12-23(14-16(15)13-17)10-3-4-11-24-20(25)18-5-1-2-6-19(18)21(24)26/h1-2,5-8,13H,3-4,9-12,14H2. The predicted molar refractivity (Wildman–Crippen MR) is 104 cm³/mol. The Morgan fingerprint density at radius 1 is 0.885 bits per heavy atom. The van der Waals surface area contributed by atoms with Crippen molar-refractivity contribution < 1.29 is 9.59 Å². The third kappa shape index (κ3) is 3.33. The van der Waals surface area contributed by atoms with E-state index >= 15 is 0 Å². The Bertz CT molecular complexity index is 830. The zero-order chi connectivity index (χ0) is 18.1. The topological polar surface area (TPSA) is 40.6 Å². The first-order valence-corrected chi connectivity index (χ1v) is 9.87. The molecule has 0 aliphatic carbocycles. The van der Waals surface area contributed by atoms with Gasteiger partial charge in [-0.3, -0.25) is 19.4 Å². The molecule has 2 aromatic carbocycles. The van der Waals surface area contributed by atoms with Gasteiger partial charge in [0.05, 0.1) is 11.1 Å². The van der Waals surface area contributed by atoms with Crippen LogP contribution in [0.25, 0.3) is 0 Å². The summed E-state index contributed by atoms with van der Waals surface area (Å²) in [6.07, 6.45) is 2.91. The van der Waals surface area contributed by atoms with Crippen LogP contribution in [0.3, 0.4) is 0 Å². The first kappa shape index (κ1) is 17.4.